The van der Waals surface area contributed by atoms with Gasteiger partial charge in [0.25, 0.3) is 0 Å². The number of aliphatic imine (C=N–C) groups is 2. The monoisotopic (exact) mass is 992 g/mol. The Labute approximate surface area is 384 Å². The Bertz CT molecular complexity index is 2940. The Morgan fingerprint density at radius 2 is 1.18 bits per heavy atom. The van der Waals surface area contributed by atoms with E-state index in [9.17, 15) is 34.4 Å². The molecule has 0 unspecified atom stereocenters. The molecule has 0 spiro atoms. The van der Waals surface area contributed by atoms with Crippen LogP contribution in [-0.4, -0.2) is 72.9 Å². The van der Waals surface area contributed by atoms with Crippen molar-refractivity contribution in [3.63, 3.8) is 0 Å². The average Bonchev–Trinajstić information content (AvgIpc) is 4.19. The van der Waals surface area contributed by atoms with Crippen molar-refractivity contribution in [3.8, 4) is 24.2 Å². The molecule has 4 aliphatic rings. The molecule has 8 rings (SSSR count). The molecule has 4 heterocycles. The number of halogens is 5. The Kier molecular flexibility index (Phi) is 14.3. The van der Waals surface area contributed by atoms with E-state index in [-0.39, 0.29) is 34.4 Å². The Hall–Kier alpha value is -6.02. The number of hydrogen-bond acceptors (Lipinski definition) is 10. The maximum absolute atomic E-state index is 14.8. The number of benzene rings is 2. The quantitative estimate of drug-likeness (QED) is 0.147. The lowest BCUT2D eigenvalue weighted by Crippen LogP contribution is -2.50. The molecule has 0 amide bonds. The number of nitrogens with two attached hydrogens (primary N) is 2. The van der Waals surface area contributed by atoms with Gasteiger partial charge in [-0.2, -0.15) is 0 Å². The normalized spacial score (nSPS) is 22.3. The second kappa shape index (κ2) is 19.2. The van der Waals surface area contributed by atoms with Gasteiger partial charge in [-0.1, -0.05) is 24.0 Å². The second-order valence-corrected chi connectivity index (χ2v) is 21.1. The third-order valence-corrected chi connectivity index (χ3v) is 15.0. The number of rotatable bonds is 6. The van der Waals surface area contributed by atoms with Crippen LogP contribution in [0.3, 0.4) is 0 Å². The minimum absolute atomic E-state index is 0.0114. The van der Waals surface area contributed by atoms with Crippen LogP contribution in [0.5, 0.6) is 0 Å². The predicted octanol–water partition coefficient (Wildman–Crippen LogP) is 7.54. The summed E-state index contributed by atoms with van der Waals surface area (Å²) in [5.41, 5.74) is 10.2. The van der Waals surface area contributed by atoms with Gasteiger partial charge in [0.1, 0.15) is 34.4 Å². The average molecular weight is 994 g/mol. The van der Waals surface area contributed by atoms with Crippen molar-refractivity contribution in [1.29, 1.82) is 0 Å². The summed E-state index contributed by atoms with van der Waals surface area (Å²) in [4.78, 5) is 16.5. The van der Waals surface area contributed by atoms with Crippen LogP contribution in [0.1, 0.15) is 78.7 Å². The molecule has 2 saturated carbocycles. The van der Waals surface area contributed by atoms with Crippen LogP contribution in [0.2, 0.25) is 0 Å². The summed E-state index contributed by atoms with van der Waals surface area (Å²) < 4.78 is 110. The number of sulfonamides is 2. The van der Waals surface area contributed by atoms with E-state index in [1.165, 1.54) is 102 Å². The number of guanidine groups is 2. The fourth-order valence-electron chi connectivity index (χ4n) is 6.50. The number of nitrogens with zero attached hydrogens (tertiary/aromatic N) is 6. The fourth-order valence-corrected chi connectivity index (χ4v) is 9.63. The van der Waals surface area contributed by atoms with E-state index in [1.807, 2.05) is 0 Å². The van der Waals surface area contributed by atoms with E-state index in [0.717, 1.165) is 33.6 Å². The molecule has 0 bridgehead atoms. The fraction of sp³-hybridized carbons (Fsp3) is 0.304. The summed E-state index contributed by atoms with van der Waals surface area (Å²) in [6.45, 7) is 2.96. The summed E-state index contributed by atoms with van der Waals surface area (Å²) in [6, 6.07) is 14.2. The summed E-state index contributed by atoms with van der Waals surface area (Å²) in [5.74, 6) is 5.96. The third kappa shape index (κ3) is 12.0. The molecule has 0 saturated heterocycles. The van der Waals surface area contributed by atoms with Crippen LogP contribution >= 0.6 is 15.9 Å². The van der Waals surface area contributed by atoms with Crippen LogP contribution in [0, 0.1) is 47.7 Å². The van der Waals surface area contributed by atoms with Crippen molar-refractivity contribution in [2.75, 3.05) is 25.6 Å². The first-order chi connectivity index (χ1) is 30.5. The molecule has 0 radical (unpaired) electrons. The maximum atomic E-state index is 14.8. The minimum atomic E-state index is -3.77. The van der Waals surface area contributed by atoms with Gasteiger partial charge in [-0.15, -0.1) is 12.3 Å². The molecule has 340 valence electrons. The van der Waals surface area contributed by atoms with Crippen molar-refractivity contribution in [2.24, 2.45) is 33.3 Å². The van der Waals surface area contributed by atoms with Crippen molar-refractivity contribution < 1.29 is 34.4 Å². The third-order valence-electron chi connectivity index (χ3n) is 10.6. The molecule has 2 aliphatic carbocycles. The Morgan fingerprint density at radius 3 is 1.54 bits per heavy atom. The number of terminal acetylenes is 1. The molecule has 2 aliphatic heterocycles. The molecule has 19 heteroatoms. The van der Waals surface area contributed by atoms with E-state index in [4.69, 9.17) is 17.9 Å². The zero-order chi connectivity index (χ0) is 47.5. The highest BCUT2D eigenvalue weighted by atomic mass is 79.9. The SMILES string of the molecule is C#CC1CC1.CN1C(N)=N[C@](C)(c2cc(/C=C(\F)c3ccc(Br)cn3)ccc2F)CS1(=O)=O.CN1C(N)=N[C@](C)(c2cc(/C=C(\F)c3ccc(C#CC4CC4)cn3)ccc2F)CS1(=O)=O. The van der Waals surface area contributed by atoms with Gasteiger partial charge in [0.15, 0.2) is 0 Å². The molecule has 2 atom stereocenters. The van der Waals surface area contributed by atoms with Crippen molar-refractivity contribution in [2.45, 2.75) is 50.6 Å². The molecule has 65 heavy (non-hydrogen) atoms. The molecule has 2 fully saturated rings. The van der Waals surface area contributed by atoms with Crippen LogP contribution in [0.25, 0.3) is 23.8 Å². The lowest BCUT2D eigenvalue weighted by molar-refractivity contribution is 0.456. The molecular formula is C46H45BrF4N8O4S2. The number of aromatic nitrogens is 2. The minimum Gasteiger partial charge on any atom is -0.369 e. The van der Waals surface area contributed by atoms with Crippen molar-refractivity contribution in [3.05, 3.63) is 128 Å². The summed E-state index contributed by atoms with van der Waals surface area (Å²) in [5, 5.41) is 0. The summed E-state index contributed by atoms with van der Waals surface area (Å²) in [7, 11) is -4.96. The van der Waals surface area contributed by atoms with E-state index >= 15 is 0 Å². The Morgan fingerprint density at radius 1 is 0.738 bits per heavy atom. The van der Waals surface area contributed by atoms with Gasteiger partial charge in [0, 0.05) is 59.5 Å². The molecule has 4 aromatic rings. The van der Waals surface area contributed by atoms with Gasteiger partial charge in [-0.05, 0) is 127 Å². The first kappa shape index (κ1) is 48.4. The summed E-state index contributed by atoms with van der Waals surface area (Å²) >= 11 is 3.23. The van der Waals surface area contributed by atoms with Crippen LogP contribution in [-0.2, 0) is 31.1 Å². The van der Waals surface area contributed by atoms with Gasteiger partial charge < -0.3 is 11.5 Å². The molecule has 2 aromatic heterocycles. The van der Waals surface area contributed by atoms with Crippen molar-refractivity contribution >= 4 is 71.7 Å². The van der Waals surface area contributed by atoms with Crippen LogP contribution < -0.4 is 11.5 Å². The lowest BCUT2D eigenvalue weighted by Gasteiger charge is -2.34. The van der Waals surface area contributed by atoms with Crippen molar-refractivity contribution in [1.82, 2.24) is 18.6 Å². The van der Waals surface area contributed by atoms with Gasteiger partial charge in [-0.25, -0.2) is 53.0 Å². The molecule has 4 N–H and O–H groups in total. The van der Waals surface area contributed by atoms with Crippen LogP contribution in [0.15, 0.2) is 87.5 Å². The van der Waals surface area contributed by atoms with Crippen LogP contribution in [0.4, 0.5) is 17.6 Å². The standard InChI is InChI=1S/C23H22F2N4O2S.C18H17BrF2N4O2S.C5H6/c1-23(14-32(30,31)29(2)22(26)28-23)18-11-17(7-9-19(18)24)12-20(25)21-10-8-16(13-27-21)6-5-15-3-4-15;1-18(10-28(26,27)25(2)17(22)24-18)13-7-11(3-5-14(13)20)8-15(21)16-6-4-12(19)9-23-16;1-2-5-3-4-5/h7-13,15H,3-4,14H2,1-2H3,(H2,26,28);3-9H,10H2,1-2H3,(H2,22,24);1,5H,3-4H2/b20-12-;15-8-;/t23-;18-;/m00./s1. The zero-order valence-electron chi connectivity index (χ0n) is 35.7. The van der Waals surface area contributed by atoms with E-state index in [1.54, 1.807) is 12.1 Å². The number of hydrogen-bond donors (Lipinski definition) is 2. The molecule has 2 aromatic carbocycles. The smallest absolute Gasteiger partial charge is 0.239 e. The van der Waals surface area contributed by atoms with Gasteiger partial charge in [0.2, 0.25) is 32.0 Å². The molecular weight excluding hydrogens is 949 g/mol. The molecule has 12 nitrogen and oxygen atoms in total. The predicted molar refractivity (Wildman–Crippen MR) is 249 cm³/mol. The first-order valence-corrected chi connectivity index (χ1v) is 24.1. The highest BCUT2D eigenvalue weighted by Gasteiger charge is 2.43. The van der Waals surface area contributed by atoms with E-state index < -0.39 is 65.9 Å². The second-order valence-electron chi connectivity index (χ2n) is 16.2. The maximum Gasteiger partial charge on any atom is 0.239 e. The van der Waals surface area contributed by atoms with E-state index in [2.05, 4.69) is 53.6 Å². The summed E-state index contributed by atoms with van der Waals surface area (Å²) in [6.07, 6.45) is 15.1. The zero-order valence-corrected chi connectivity index (χ0v) is 39.0. The lowest BCUT2D eigenvalue weighted by atomic mass is 9.92. The first-order valence-electron chi connectivity index (χ1n) is 20.1. The topological polar surface area (TPSA) is 177 Å². The highest BCUT2D eigenvalue weighted by molar-refractivity contribution is 9.10. The largest absolute Gasteiger partial charge is 0.369 e. The number of pyridine rings is 2. The van der Waals surface area contributed by atoms with Gasteiger partial charge >= 0.3 is 0 Å². The van der Waals surface area contributed by atoms with Gasteiger partial charge in [-0.3, -0.25) is 9.97 Å². The van der Waals surface area contributed by atoms with E-state index in [0.29, 0.717) is 33.0 Å². The van der Waals surface area contributed by atoms with Gasteiger partial charge in [0.05, 0.1) is 22.9 Å². The highest BCUT2D eigenvalue weighted by Crippen LogP contribution is 2.36. The Balaban J connectivity index is 0.000000195.